The summed E-state index contributed by atoms with van der Waals surface area (Å²) in [6.45, 7) is 3.20. The molecule has 0 aliphatic rings. The lowest BCUT2D eigenvalue weighted by atomic mass is 10.2. The Morgan fingerprint density at radius 2 is 1.76 bits per heavy atom. The van der Waals surface area contributed by atoms with E-state index in [1.54, 1.807) is 11.3 Å². The van der Waals surface area contributed by atoms with E-state index in [1.807, 2.05) is 30.5 Å². The molecule has 0 unspecified atom stereocenters. The molecule has 0 spiro atoms. The van der Waals surface area contributed by atoms with Gasteiger partial charge in [0.2, 0.25) is 0 Å². The number of rotatable bonds is 7. The van der Waals surface area contributed by atoms with E-state index in [1.165, 1.54) is 24.0 Å². The number of hydrogen-bond acceptors (Lipinski definition) is 6. The molecule has 0 N–H and O–H groups in total. The van der Waals surface area contributed by atoms with Gasteiger partial charge in [-0.2, -0.15) is 9.59 Å². The number of fused-ring (bicyclic) bond motifs is 1. The topological polar surface area (TPSA) is 77.7 Å². The van der Waals surface area contributed by atoms with Gasteiger partial charge in [-0.3, -0.25) is 4.98 Å². The second-order valence-electron chi connectivity index (χ2n) is 6.49. The molecule has 7 heteroatoms. The standard InChI is InChI=1S/C21H22N4S.CO2/c1-2-3-4-9-14-25-15-18(23-20(25)17-11-7-8-13-22-17)21-24-16-10-5-6-12-19(16)26-21;2-1-3/h5-8,10-13,15H,2-4,9,14H2,1H3;. The average Bonchev–Trinajstić information content (AvgIpc) is 3.37. The summed E-state index contributed by atoms with van der Waals surface area (Å²) < 4.78 is 3.43. The van der Waals surface area contributed by atoms with Crippen LogP contribution in [0.5, 0.6) is 0 Å². The molecule has 0 aliphatic heterocycles. The number of para-hydroxylation sites is 1. The molecular weight excluding hydrogens is 384 g/mol. The summed E-state index contributed by atoms with van der Waals surface area (Å²) in [6.07, 6.45) is 9.12. The number of hydrogen-bond donors (Lipinski definition) is 0. The monoisotopic (exact) mass is 406 g/mol. The van der Waals surface area contributed by atoms with Crippen molar-refractivity contribution in [3.05, 3.63) is 54.9 Å². The second kappa shape index (κ2) is 10.4. The molecule has 0 atom stereocenters. The number of aryl methyl sites for hydroxylation is 1. The predicted molar refractivity (Wildman–Crippen MR) is 113 cm³/mol. The van der Waals surface area contributed by atoms with Gasteiger partial charge < -0.3 is 4.57 Å². The Labute approximate surface area is 173 Å². The molecule has 0 saturated heterocycles. The van der Waals surface area contributed by atoms with Crippen LogP contribution in [0.25, 0.3) is 32.4 Å². The van der Waals surface area contributed by atoms with Crippen molar-refractivity contribution in [2.24, 2.45) is 0 Å². The molecule has 0 fully saturated rings. The lowest BCUT2D eigenvalue weighted by molar-refractivity contribution is -0.191. The second-order valence-corrected chi connectivity index (χ2v) is 7.52. The van der Waals surface area contributed by atoms with E-state index in [0.717, 1.165) is 40.7 Å². The number of imidazole rings is 1. The number of unbranched alkanes of at least 4 members (excludes halogenated alkanes) is 3. The van der Waals surface area contributed by atoms with Crippen molar-refractivity contribution < 1.29 is 9.59 Å². The number of nitrogens with zero attached hydrogens (tertiary/aromatic N) is 4. The van der Waals surface area contributed by atoms with Gasteiger partial charge in [0.25, 0.3) is 0 Å². The largest absolute Gasteiger partial charge is 0.373 e. The summed E-state index contributed by atoms with van der Waals surface area (Å²) in [5.74, 6) is 0.927. The molecule has 0 radical (unpaired) electrons. The smallest absolute Gasteiger partial charge is 0.329 e. The fourth-order valence-corrected chi connectivity index (χ4v) is 4.00. The van der Waals surface area contributed by atoms with Crippen molar-refractivity contribution >= 4 is 27.7 Å². The Balaban J connectivity index is 0.000000755. The molecule has 0 amide bonds. The predicted octanol–water partition coefficient (Wildman–Crippen LogP) is 5.22. The minimum atomic E-state index is 0.250. The van der Waals surface area contributed by atoms with E-state index < -0.39 is 0 Å². The number of aromatic nitrogens is 4. The Morgan fingerprint density at radius 3 is 2.48 bits per heavy atom. The van der Waals surface area contributed by atoms with Crippen LogP contribution >= 0.6 is 11.3 Å². The average molecular weight is 407 g/mol. The molecular formula is C22H22N4O2S. The van der Waals surface area contributed by atoms with E-state index in [2.05, 4.69) is 40.9 Å². The first kappa shape index (κ1) is 20.6. The zero-order chi connectivity index (χ0) is 20.5. The van der Waals surface area contributed by atoms with Crippen LogP contribution in [0.4, 0.5) is 0 Å². The normalized spacial score (nSPS) is 10.4. The van der Waals surface area contributed by atoms with Gasteiger partial charge in [0.1, 0.15) is 16.4 Å². The maximum absolute atomic E-state index is 8.12. The van der Waals surface area contributed by atoms with Gasteiger partial charge in [-0.15, -0.1) is 11.3 Å². The van der Waals surface area contributed by atoms with Crippen LogP contribution < -0.4 is 0 Å². The summed E-state index contributed by atoms with van der Waals surface area (Å²) in [5, 5.41) is 0.968. The number of carbonyl (C=O) groups excluding carboxylic acids is 2. The maximum atomic E-state index is 8.12. The van der Waals surface area contributed by atoms with Crippen LogP contribution in [-0.2, 0) is 16.1 Å². The molecule has 0 bridgehead atoms. The summed E-state index contributed by atoms with van der Waals surface area (Å²) in [6, 6.07) is 14.2. The van der Waals surface area contributed by atoms with Crippen LogP contribution in [0.3, 0.4) is 0 Å². The van der Waals surface area contributed by atoms with Gasteiger partial charge in [0.05, 0.1) is 10.2 Å². The zero-order valence-corrected chi connectivity index (χ0v) is 17.1. The van der Waals surface area contributed by atoms with Crippen LogP contribution in [0.2, 0.25) is 0 Å². The van der Waals surface area contributed by atoms with Crippen molar-refractivity contribution in [2.45, 2.75) is 39.2 Å². The van der Waals surface area contributed by atoms with E-state index in [-0.39, 0.29) is 6.15 Å². The Morgan fingerprint density at radius 1 is 0.966 bits per heavy atom. The summed E-state index contributed by atoms with van der Waals surface area (Å²) in [4.78, 5) is 30.4. The molecule has 0 saturated carbocycles. The number of benzene rings is 1. The minimum Gasteiger partial charge on any atom is -0.329 e. The van der Waals surface area contributed by atoms with Crippen LogP contribution in [0.1, 0.15) is 32.6 Å². The van der Waals surface area contributed by atoms with Gasteiger partial charge in [-0.25, -0.2) is 9.97 Å². The van der Waals surface area contributed by atoms with Crippen LogP contribution in [0.15, 0.2) is 54.9 Å². The molecule has 0 aliphatic carbocycles. The fraction of sp³-hybridized carbons (Fsp3) is 0.273. The van der Waals surface area contributed by atoms with Crippen molar-refractivity contribution in [1.82, 2.24) is 19.5 Å². The highest BCUT2D eigenvalue weighted by Crippen LogP contribution is 2.31. The van der Waals surface area contributed by atoms with Gasteiger partial charge in [-0.1, -0.05) is 44.4 Å². The molecule has 6 nitrogen and oxygen atoms in total. The van der Waals surface area contributed by atoms with E-state index >= 15 is 0 Å². The highest BCUT2D eigenvalue weighted by molar-refractivity contribution is 7.21. The first-order chi connectivity index (χ1) is 14.3. The number of pyridine rings is 1. The first-order valence-corrected chi connectivity index (χ1v) is 10.4. The minimum absolute atomic E-state index is 0.250. The summed E-state index contributed by atoms with van der Waals surface area (Å²) in [7, 11) is 0. The van der Waals surface area contributed by atoms with Crippen molar-refractivity contribution in [2.75, 3.05) is 0 Å². The molecule has 148 valence electrons. The Kier molecular flexibility index (Phi) is 7.39. The van der Waals surface area contributed by atoms with Crippen molar-refractivity contribution in [3.8, 4) is 22.2 Å². The van der Waals surface area contributed by atoms with E-state index in [0.29, 0.717) is 0 Å². The molecule has 3 heterocycles. The maximum Gasteiger partial charge on any atom is 0.373 e. The van der Waals surface area contributed by atoms with Gasteiger partial charge in [0, 0.05) is 18.9 Å². The third-order valence-electron chi connectivity index (χ3n) is 4.44. The Bertz CT molecular complexity index is 1050. The lowest BCUT2D eigenvalue weighted by Crippen LogP contribution is -2.00. The summed E-state index contributed by atoms with van der Waals surface area (Å²) in [5.41, 5.74) is 2.88. The first-order valence-electron chi connectivity index (χ1n) is 9.60. The van der Waals surface area contributed by atoms with Crippen LogP contribution in [0, 0.1) is 0 Å². The highest BCUT2D eigenvalue weighted by Gasteiger charge is 2.15. The SMILES string of the molecule is CCCCCCn1cc(-c2nc3ccccc3s2)nc1-c1ccccn1.O=C=O. The van der Waals surface area contributed by atoms with Crippen molar-refractivity contribution in [1.29, 1.82) is 0 Å². The van der Waals surface area contributed by atoms with Gasteiger partial charge in [-0.05, 0) is 30.7 Å². The van der Waals surface area contributed by atoms with Crippen molar-refractivity contribution in [3.63, 3.8) is 0 Å². The van der Waals surface area contributed by atoms with E-state index in [9.17, 15) is 0 Å². The molecule has 3 aromatic heterocycles. The Hall–Kier alpha value is -3.15. The zero-order valence-electron chi connectivity index (χ0n) is 16.2. The molecule has 4 rings (SSSR count). The number of thiazole rings is 1. The van der Waals surface area contributed by atoms with Gasteiger partial charge in [0.15, 0.2) is 5.82 Å². The molecule has 4 aromatic rings. The third-order valence-corrected chi connectivity index (χ3v) is 5.50. The lowest BCUT2D eigenvalue weighted by Gasteiger charge is -2.06. The highest BCUT2D eigenvalue weighted by atomic mass is 32.1. The summed E-state index contributed by atoms with van der Waals surface area (Å²) >= 11 is 1.69. The van der Waals surface area contributed by atoms with Crippen LogP contribution in [-0.4, -0.2) is 25.7 Å². The van der Waals surface area contributed by atoms with Gasteiger partial charge >= 0.3 is 6.15 Å². The third kappa shape index (κ3) is 5.22. The fourth-order valence-electron chi connectivity index (χ4n) is 3.08. The molecule has 29 heavy (non-hydrogen) atoms. The molecule has 1 aromatic carbocycles. The van der Waals surface area contributed by atoms with E-state index in [4.69, 9.17) is 19.6 Å². The quantitative estimate of drug-likeness (QED) is 0.393.